The maximum Gasteiger partial charge on any atom is 0.316 e. The molecule has 0 heterocycles. The number of hydrogen-bond donors (Lipinski definition) is 2. The molecule has 0 saturated carbocycles. The van der Waals surface area contributed by atoms with Crippen LogP contribution in [0.1, 0.15) is 34.3 Å². The molecule has 0 aliphatic rings. The first-order valence-electron chi connectivity index (χ1n) is 10.3. The van der Waals surface area contributed by atoms with E-state index in [-0.39, 0.29) is 18.1 Å². The van der Waals surface area contributed by atoms with Gasteiger partial charge in [0.15, 0.2) is 0 Å². The maximum absolute atomic E-state index is 13.2. The molecule has 2 N–H and O–H groups in total. The molecule has 32 heavy (non-hydrogen) atoms. The van der Waals surface area contributed by atoms with Crippen molar-refractivity contribution in [3.8, 4) is 0 Å². The maximum atomic E-state index is 13.2. The number of urea groups is 1. The van der Waals surface area contributed by atoms with Crippen LogP contribution in [0.5, 0.6) is 0 Å². The predicted octanol–water partition coefficient (Wildman–Crippen LogP) is 7.17. The van der Waals surface area contributed by atoms with Crippen molar-refractivity contribution < 1.29 is 4.79 Å². The quantitative estimate of drug-likeness (QED) is 0.314. The predicted molar refractivity (Wildman–Crippen MR) is 131 cm³/mol. The molecule has 0 unspecified atom stereocenters. The summed E-state index contributed by atoms with van der Waals surface area (Å²) < 4.78 is 0. The SMILES string of the molecule is O=C(N[C@@H](c1ccccc1)c1cccc(Cl)c1)N[C@@H](c1ccccc1)c1cccc(Cl)c1. The van der Waals surface area contributed by atoms with E-state index in [9.17, 15) is 4.79 Å². The van der Waals surface area contributed by atoms with Crippen molar-refractivity contribution in [3.05, 3.63) is 141 Å². The number of rotatable bonds is 6. The number of benzene rings is 4. The van der Waals surface area contributed by atoms with Gasteiger partial charge in [0.1, 0.15) is 0 Å². The Morgan fingerprint density at radius 3 is 1.28 bits per heavy atom. The lowest BCUT2D eigenvalue weighted by Crippen LogP contribution is -2.40. The second kappa shape index (κ2) is 10.4. The molecule has 0 saturated heterocycles. The molecule has 3 nitrogen and oxygen atoms in total. The molecule has 4 aromatic rings. The third kappa shape index (κ3) is 5.50. The Morgan fingerprint density at radius 1 is 0.531 bits per heavy atom. The van der Waals surface area contributed by atoms with Crippen molar-refractivity contribution in [2.45, 2.75) is 12.1 Å². The molecule has 160 valence electrons. The Bertz CT molecular complexity index is 1090. The lowest BCUT2D eigenvalue weighted by Gasteiger charge is -2.24. The molecule has 2 atom stereocenters. The largest absolute Gasteiger partial charge is 0.327 e. The van der Waals surface area contributed by atoms with Crippen LogP contribution in [0.15, 0.2) is 109 Å². The second-order valence-corrected chi connectivity index (χ2v) is 8.29. The molecule has 5 heteroatoms. The molecule has 0 bridgehead atoms. The molecule has 2 amide bonds. The van der Waals surface area contributed by atoms with E-state index >= 15 is 0 Å². The zero-order valence-corrected chi connectivity index (χ0v) is 18.7. The van der Waals surface area contributed by atoms with Crippen LogP contribution in [-0.4, -0.2) is 6.03 Å². The average molecular weight is 461 g/mol. The first-order chi connectivity index (χ1) is 15.6. The van der Waals surface area contributed by atoms with Gasteiger partial charge in [-0.15, -0.1) is 0 Å². The monoisotopic (exact) mass is 460 g/mol. The molecular weight excluding hydrogens is 439 g/mol. The van der Waals surface area contributed by atoms with Gasteiger partial charge in [-0.1, -0.05) is 108 Å². The van der Waals surface area contributed by atoms with E-state index in [0.29, 0.717) is 10.0 Å². The van der Waals surface area contributed by atoms with Crippen LogP contribution in [0, 0.1) is 0 Å². The minimum Gasteiger partial charge on any atom is -0.327 e. The summed E-state index contributed by atoms with van der Waals surface area (Å²) in [5.41, 5.74) is 3.73. The first-order valence-corrected chi connectivity index (χ1v) is 11.0. The average Bonchev–Trinajstić information content (AvgIpc) is 2.82. The lowest BCUT2D eigenvalue weighted by atomic mass is 9.98. The van der Waals surface area contributed by atoms with Crippen molar-refractivity contribution in [1.82, 2.24) is 10.6 Å². The lowest BCUT2D eigenvalue weighted by molar-refractivity contribution is 0.236. The van der Waals surface area contributed by atoms with Gasteiger partial charge in [-0.2, -0.15) is 0 Å². The van der Waals surface area contributed by atoms with Crippen molar-refractivity contribution in [2.24, 2.45) is 0 Å². The molecule has 0 aromatic heterocycles. The van der Waals surface area contributed by atoms with Gasteiger partial charge in [-0.3, -0.25) is 0 Å². The Morgan fingerprint density at radius 2 is 0.906 bits per heavy atom. The standard InChI is InChI=1S/C27H22Cl2N2O/c28-23-15-7-13-21(17-23)25(19-9-3-1-4-10-19)30-27(32)31-26(20-11-5-2-6-12-20)22-14-8-16-24(29)18-22/h1-18,25-26H,(H2,30,31,32)/t25-,26-/m0/s1. The topological polar surface area (TPSA) is 41.1 Å². The van der Waals surface area contributed by atoms with Crippen molar-refractivity contribution >= 4 is 29.2 Å². The summed E-state index contributed by atoms with van der Waals surface area (Å²) in [4.78, 5) is 13.2. The van der Waals surface area contributed by atoms with Gasteiger partial charge >= 0.3 is 6.03 Å². The summed E-state index contributed by atoms with van der Waals surface area (Å²) in [7, 11) is 0. The van der Waals surface area contributed by atoms with E-state index in [1.165, 1.54) is 0 Å². The number of halogens is 2. The van der Waals surface area contributed by atoms with Crippen molar-refractivity contribution in [3.63, 3.8) is 0 Å². The summed E-state index contributed by atoms with van der Waals surface area (Å²) in [5, 5.41) is 7.47. The van der Waals surface area contributed by atoms with Gasteiger partial charge in [0, 0.05) is 10.0 Å². The molecule has 4 rings (SSSR count). The Labute approximate surface area is 198 Å². The number of carbonyl (C=O) groups excluding carboxylic acids is 1. The summed E-state index contributed by atoms with van der Waals surface area (Å²) >= 11 is 12.5. The Balaban J connectivity index is 1.63. The van der Waals surface area contributed by atoms with E-state index in [2.05, 4.69) is 10.6 Å². The Kier molecular flexibility index (Phi) is 7.10. The first kappa shape index (κ1) is 21.9. The summed E-state index contributed by atoms with van der Waals surface area (Å²) in [6.45, 7) is 0. The molecule has 0 radical (unpaired) electrons. The third-order valence-corrected chi connectivity index (χ3v) is 5.65. The third-order valence-electron chi connectivity index (χ3n) is 5.18. The van der Waals surface area contributed by atoms with Crippen LogP contribution in [0.2, 0.25) is 10.0 Å². The fraction of sp³-hybridized carbons (Fsp3) is 0.0741. The molecule has 0 aliphatic heterocycles. The fourth-order valence-corrected chi connectivity index (χ4v) is 4.08. The van der Waals surface area contributed by atoms with E-state index < -0.39 is 0 Å². The molecule has 0 fully saturated rings. The molecular formula is C27H22Cl2N2O. The number of carbonyl (C=O) groups is 1. The van der Waals surface area contributed by atoms with Gasteiger partial charge in [0.25, 0.3) is 0 Å². The van der Waals surface area contributed by atoms with Crippen molar-refractivity contribution in [1.29, 1.82) is 0 Å². The fourth-order valence-electron chi connectivity index (χ4n) is 3.69. The van der Waals surface area contributed by atoms with E-state index in [1.54, 1.807) is 0 Å². The van der Waals surface area contributed by atoms with Crippen LogP contribution >= 0.6 is 23.2 Å². The number of nitrogens with one attached hydrogen (secondary N) is 2. The van der Waals surface area contributed by atoms with Crippen LogP contribution in [0.25, 0.3) is 0 Å². The van der Waals surface area contributed by atoms with Crippen LogP contribution in [0.4, 0.5) is 4.79 Å². The van der Waals surface area contributed by atoms with Gasteiger partial charge in [0.05, 0.1) is 12.1 Å². The highest BCUT2D eigenvalue weighted by atomic mass is 35.5. The van der Waals surface area contributed by atoms with Gasteiger partial charge in [-0.05, 0) is 46.5 Å². The van der Waals surface area contributed by atoms with Crippen LogP contribution < -0.4 is 10.6 Å². The zero-order valence-electron chi connectivity index (χ0n) is 17.2. The molecule has 0 aliphatic carbocycles. The highest BCUT2D eigenvalue weighted by Gasteiger charge is 2.21. The highest BCUT2D eigenvalue weighted by molar-refractivity contribution is 6.30. The van der Waals surface area contributed by atoms with E-state index in [4.69, 9.17) is 23.2 Å². The van der Waals surface area contributed by atoms with E-state index in [0.717, 1.165) is 22.3 Å². The smallest absolute Gasteiger partial charge is 0.316 e. The van der Waals surface area contributed by atoms with Crippen molar-refractivity contribution in [2.75, 3.05) is 0 Å². The van der Waals surface area contributed by atoms with Gasteiger partial charge < -0.3 is 10.6 Å². The second-order valence-electron chi connectivity index (χ2n) is 7.42. The van der Waals surface area contributed by atoms with Gasteiger partial charge in [0.2, 0.25) is 0 Å². The number of hydrogen-bond acceptors (Lipinski definition) is 1. The minimum atomic E-state index is -0.356. The normalized spacial score (nSPS) is 12.6. The Hall–Kier alpha value is -3.27. The summed E-state index contributed by atoms with van der Waals surface area (Å²) in [6, 6.07) is 33.7. The summed E-state index contributed by atoms with van der Waals surface area (Å²) in [5.74, 6) is 0. The van der Waals surface area contributed by atoms with Gasteiger partial charge in [-0.25, -0.2) is 4.79 Å². The van der Waals surface area contributed by atoms with Crippen LogP contribution in [0.3, 0.4) is 0 Å². The zero-order chi connectivity index (χ0) is 22.3. The number of amides is 2. The molecule has 0 spiro atoms. The van der Waals surface area contributed by atoms with Crippen LogP contribution in [-0.2, 0) is 0 Å². The summed E-state index contributed by atoms with van der Waals surface area (Å²) in [6.07, 6.45) is 0. The highest BCUT2D eigenvalue weighted by Crippen LogP contribution is 2.27. The minimum absolute atomic E-state index is 0.298. The van der Waals surface area contributed by atoms with E-state index in [1.807, 2.05) is 109 Å². The molecule has 4 aromatic carbocycles.